The van der Waals surface area contributed by atoms with Gasteiger partial charge in [0.1, 0.15) is 11.8 Å². The first-order valence-corrected chi connectivity index (χ1v) is 4.09. The molecule has 0 bridgehead atoms. The van der Waals surface area contributed by atoms with Crippen molar-refractivity contribution in [2.24, 2.45) is 0 Å². The molecule has 0 saturated carbocycles. The minimum absolute atomic E-state index is 0.0366. The molecule has 3 nitrogen and oxygen atoms in total. The van der Waals surface area contributed by atoms with Crippen LogP contribution in [0.2, 0.25) is 0 Å². The molecule has 0 unspecified atom stereocenters. The van der Waals surface area contributed by atoms with Crippen molar-refractivity contribution in [3.05, 3.63) is 29.3 Å². The lowest BCUT2D eigenvalue weighted by atomic mass is 10.1. The largest absolute Gasteiger partial charge is 0.507 e. The van der Waals surface area contributed by atoms with Crippen molar-refractivity contribution >= 4 is 0 Å². The van der Waals surface area contributed by atoms with Gasteiger partial charge in [-0.15, -0.1) is 0 Å². The molecule has 0 amide bonds. The summed E-state index contributed by atoms with van der Waals surface area (Å²) >= 11 is 0. The summed E-state index contributed by atoms with van der Waals surface area (Å²) in [6.45, 7) is 1.99. The number of nitrogens with one attached hydrogen (secondary N) is 1. The van der Waals surface area contributed by atoms with Crippen LogP contribution in [-0.2, 0) is 0 Å². The van der Waals surface area contributed by atoms with E-state index in [2.05, 4.69) is 5.32 Å². The third kappa shape index (κ3) is 1.98. The number of hydrogen-bond acceptors (Lipinski definition) is 3. The van der Waals surface area contributed by atoms with E-state index in [4.69, 9.17) is 5.26 Å². The van der Waals surface area contributed by atoms with E-state index in [1.807, 2.05) is 20.0 Å². The lowest BCUT2D eigenvalue weighted by molar-refractivity contribution is 0.473. The molecular formula is C10H12N2O. The minimum Gasteiger partial charge on any atom is -0.507 e. The summed E-state index contributed by atoms with van der Waals surface area (Å²) in [5.74, 6) is 0.0366. The molecule has 0 spiro atoms. The van der Waals surface area contributed by atoms with E-state index in [-0.39, 0.29) is 11.8 Å². The third-order valence-electron chi connectivity index (χ3n) is 2.07. The molecular weight excluding hydrogens is 164 g/mol. The number of hydrogen-bond donors (Lipinski definition) is 2. The van der Waals surface area contributed by atoms with Crippen LogP contribution in [0.3, 0.4) is 0 Å². The first kappa shape index (κ1) is 9.56. The second-order valence-electron chi connectivity index (χ2n) is 2.90. The van der Waals surface area contributed by atoms with Gasteiger partial charge in [-0.3, -0.25) is 0 Å². The molecule has 0 aliphatic heterocycles. The zero-order valence-electron chi connectivity index (χ0n) is 7.70. The lowest BCUT2D eigenvalue weighted by Gasteiger charge is -2.10. The fraction of sp³-hybridized carbons (Fsp3) is 0.300. The van der Waals surface area contributed by atoms with Crippen LogP contribution in [0.25, 0.3) is 0 Å². The standard InChI is InChI=1S/C10H12N2O/c1-7(12-2)8-3-4-10(13)9(5-8)6-11/h3-5,7,12-13H,1-2H3/t7-/m1/s1. The Balaban J connectivity index is 3.08. The summed E-state index contributed by atoms with van der Waals surface area (Å²) in [6, 6.07) is 7.16. The van der Waals surface area contributed by atoms with Gasteiger partial charge in [-0.1, -0.05) is 6.07 Å². The Hall–Kier alpha value is -1.53. The molecule has 0 saturated heterocycles. The quantitative estimate of drug-likeness (QED) is 0.718. The fourth-order valence-corrected chi connectivity index (χ4v) is 1.08. The number of phenols is 1. The molecule has 13 heavy (non-hydrogen) atoms. The molecule has 0 heterocycles. The summed E-state index contributed by atoms with van der Waals surface area (Å²) in [6.07, 6.45) is 0. The maximum atomic E-state index is 9.25. The van der Waals surface area contributed by atoms with Gasteiger partial charge in [0.05, 0.1) is 5.56 Å². The van der Waals surface area contributed by atoms with Crippen LogP contribution < -0.4 is 5.32 Å². The van der Waals surface area contributed by atoms with E-state index in [9.17, 15) is 5.11 Å². The average Bonchev–Trinajstić information content (AvgIpc) is 2.17. The summed E-state index contributed by atoms with van der Waals surface area (Å²) in [4.78, 5) is 0. The van der Waals surface area contributed by atoms with Crippen LogP contribution in [-0.4, -0.2) is 12.2 Å². The summed E-state index contributed by atoms with van der Waals surface area (Å²) in [7, 11) is 1.85. The van der Waals surface area contributed by atoms with Gasteiger partial charge in [0.25, 0.3) is 0 Å². The maximum absolute atomic E-state index is 9.25. The van der Waals surface area contributed by atoms with Gasteiger partial charge >= 0.3 is 0 Å². The second kappa shape index (κ2) is 3.92. The number of aromatic hydroxyl groups is 1. The van der Waals surface area contributed by atoms with Crippen LogP contribution in [0.5, 0.6) is 5.75 Å². The number of benzene rings is 1. The highest BCUT2D eigenvalue weighted by atomic mass is 16.3. The third-order valence-corrected chi connectivity index (χ3v) is 2.07. The van der Waals surface area contributed by atoms with Crippen molar-refractivity contribution in [2.45, 2.75) is 13.0 Å². The Bertz CT molecular complexity index is 341. The monoisotopic (exact) mass is 176 g/mol. The van der Waals surface area contributed by atoms with Crippen LogP contribution in [0.1, 0.15) is 24.1 Å². The highest BCUT2D eigenvalue weighted by Crippen LogP contribution is 2.20. The highest BCUT2D eigenvalue weighted by molar-refractivity contribution is 5.45. The molecule has 1 aromatic carbocycles. The maximum Gasteiger partial charge on any atom is 0.133 e. The van der Waals surface area contributed by atoms with E-state index < -0.39 is 0 Å². The molecule has 0 radical (unpaired) electrons. The van der Waals surface area contributed by atoms with Crippen molar-refractivity contribution in [2.75, 3.05) is 7.05 Å². The summed E-state index contributed by atoms with van der Waals surface area (Å²) in [5.41, 5.74) is 1.32. The van der Waals surface area contributed by atoms with Gasteiger partial charge in [-0.05, 0) is 31.7 Å². The van der Waals surface area contributed by atoms with Gasteiger partial charge in [-0.25, -0.2) is 0 Å². The summed E-state index contributed by atoms with van der Waals surface area (Å²) in [5, 5.41) is 21.0. The van der Waals surface area contributed by atoms with Gasteiger partial charge in [-0.2, -0.15) is 5.26 Å². The molecule has 1 rings (SSSR count). The first-order chi connectivity index (χ1) is 6.19. The predicted molar refractivity (Wildman–Crippen MR) is 50.3 cm³/mol. The zero-order chi connectivity index (χ0) is 9.84. The Morgan fingerprint density at radius 3 is 2.77 bits per heavy atom. The molecule has 2 N–H and O–H groups in total. The van der Waals surface area contributed by atoms with Gasteiger partial charge in [0, 0.05) is 6.04 Å². The van der Waals surface area contributed by atoms with Crippen molar-refractivity contribution in [3.63, 3.8) is 0 Å². The first-order valence-electron chi connectivity index (χ1n) is 4.09. The van der Waals surface area contributed by atoms with E-state index >= 15 is 0 Å². The zero-order valence-corrected chi connectivity index (χ0v) is 7.70. The van der Waals surface area contributed by atoms with Crippen molar-refractivity contribution in [3.8, 4) is 11.8 Å². The Kier molecular flexibility index (Phi) is 2.88. The van der Waals surface area contributed by atoms with Crippen LogP contribution in [0.4, 0.5) is 0 Å². The van der Waals surface area contributed by atoms with E-state index in [0.717, 1.165) is 5.56 Å². The fourth-order valence-electron chi connectivity index (χ4n) is 1.08. The van der Waals surface area contributed by atoms with Crippen LogP contribution >= 0.6 is 0 Å². The van der Waals surface area contributed by atoms with E-state index in [0.29, 0.717) is 5.56 Å². The van der Waals surface area contributed by atoms with Gasteiger partial charge in [0.2, 0.25) is 0 Å². The molecule has 0 fully saturated rings. The van der Waals surface area contributed by atoms with Gasteiger partial charge in [0.15, 0.2) is 0 Å². The Morgan fingerprint density at radius 1 is 1.54 bits per heavy atom. The second-order valence-corrected chi connectivity index (χ2v) is 2.90. The number of nitriles is 1. The molecule has 1 aromatic rings. The molecule has 0 aliphatic carbocycles. The van der Waals surface area contributed by atoms with E-state index in [1.54, 1.807) is 18.2 Å². The number of nitrogens with zero attached hydrogens (tertiary/aromatic N) is 1. The lowest BCUT2D eigenvalue weighted by Crippen LogP contribution is -2.12. The Morgan fingerprint density at radius 2 is 2.23 bits per heavy atom. The van der Waals surface area contributed by atoms with Gasteiger partial charge < -0.3 is 10.4 Å². The Labute approximate surface area is 77.6 Å². The average molecular weight is 176 g/mol. The molecule has 0 aliphatic rings. The number of rotatable bonds is 2. The predicted octanol–water partition coefficient (Wildman–Crippen LogP) is 1.54. The SMILES string of the molecule is CN[C@H](C)c1ccc(O)c(C#N)c1. The van der Waals surface area contributed by atoms with Crippen molar-refractivity contribution in [1.29, 1.82) is 5.26 Å². The smallest absolute Gasteiger partial charge is 0.133 e. The highest BCUT2D eigenvalue weighted by Gasteiger charge is 2.05. The van der Waals surface area contributed by atoms with Crippen LogP contribution in [0.15, 0.2) is 18.2 Å². The van der Waals surface area contributed by atoms with E-state index in [1.165, 1.54) is 0 Å². The number of phenolic OH excluding ortho intramolecular Hbond substituents is 1. The van der Waals surface area contributed by atoms with Crippen LogP contribution in [0, 0.1) is 11.3 Å². The van der Waals surface area contributed by atoms with Crippen molar-refractivity contribution in [1.82, 2.24) is 5.32 Å². The van der Waals surface area contributed by atoms with Crippen molar-refractivity contribution < 1.29 is 5.11 Å². The molecule has 0 aromatic heterocycles. The molecule has 3 heteroatoms. The normalized spacial score (nSPS) is 12.1. The topological polar surface area (TPSA) is 56.0 Å². The summed E-state index contributed by atoms with van der Waals surface area (Å²) < 4.78 is 0. The molecule has 68 valence electrons. The minimum atomic E-state index is 0.0366. The molecule has 1 atom stereocenters.